The van der Waals surface area contributed by atoms with Crippen LogP contribution < -0.4 is 10.1 Å². The van der Waals surface area contributed by atoms with Crippen molar-refractivity contribution in [2.24, 2.45) is 0 Å². The maximum atomic E-state index is 12.9. The van der Waals surface area contributed by atoms with Gasteiger partial charge in [-0.15, -0.1) is 0 Å². The second-order valence-corrected chi connectivity index (χ2v) is 9.58. The van der Waals surface area contributed by atoms with Gasteiger partial charge in [-0.2, -0.15) is 0 Å². The lowest BCUT2D eigenvalue weighted by Gasteiger charge is -2.15. The van der Waals surface area contributed by atoms with Gasteiger partial charge in [-0.3, -0.25) is 4.79 Å². The number of ether oxygens (including phenoxy) is 1. The average Bonchev–Trinajstić information content (AvgIpc) is 2.75. The number of carbonyl (C=O) groups excluding carboxylic acids is 1. The van der Waals surface area contributed by atoms with E-state index in [-0.39, 0.29) is 11.7 Å². The van der Waals surface area contributed by atoms with E-state index < -0.39 is 0 Å². The highest BCUT2D eigenvalue weighted by Gasteiger charge is 2.16. The van der Waals surface area contributed by atoms with Crippen molar-refractivity contribution in [2.75, 3.05) is 5.32 Å². The van der Waals surface area contributed by atoms with Crippen molar-refractivity contribution in [3.8, 4) is 17.2 Å². The van der Waals surface area contributed by atoms with Gasteiger partial charge in [0, 0.05) is 20.4 Å². The van der Waals surface area contributed by atoms with Gasteiger partial charge in [0.15, 0.2) is 5.75 Å². The van der Waals surface area contributed by atoms with Crippen molar-refractivity contribution in [3.63, 3.8) is 0 Å². The maximum Gasteiger partial charge on any atom is 0.255 e. The molecule has 0 aliphatic carbocycles. The van der Waals surface area contributed by atoms with Crippen LogP contribution in [0, 0.1) is 0 Å². The fourth-order valence-electron chi connectivity index (χ4n) is 3.02. The molecule has 4 aromatic carbocycles. The fraction of sp³-hybridized carbons (Fsp3) is 0. The zero-order valence-corrected chi connectivity index (χ0v) is 21.1. The molecule has 0 aromatic heterocycles. The summed E-state index contributed by atoms with van der Waals surface area (Å²) in [5, 5.41) is 15.1. The number of phenols is 1. The van der Waals surface area contributed by atoms with Crippen LogP contribution >= 0.6 is 59.4 Å². The van der Waals surface area contributed by atoms with Crippen LogP contribution in [0.3, 0.4) is 0 Å². The molecule has 8 heteroatoms. The van der Waals surface area contributed by atoms with Crippen molar-refractivity contribution in [3.05, 3.63) is 90.7 Å². The quantitative estimate of drug-likeness (QED) is 0.239. The first-order valence-corrected chi connectivity index (χ1v) is 11.7. The summed E-state index contributed by atoms with van der Waals surface area (Å²) >= 11 is 16.2. The molecule has 0 saturated carbocycles. The van der Waals surface area contributed by atoms with E-state index in [0.717, 1.165) is 15.2 Å². The van der Waals surface area contributed by atoms with Gasteiger partial charge in [-0.25, -0.2) is 0 Å². The van der Waals surface area contributed by atoms with Crippen LogP contribution in [0.15, 0.2) is 80.1 Å². The molecule has 4 aromatic rings. The standard InChI is InChI=1S/C23H13Br3ClNO3/c24-16-6-8-20(15-4-2-1-3-14(15)16)31-21-7-5-13(27)11-19(21)28-23(30)12-9-17(25)22(29)18(26)10-12/h1-11,29H,(H,28,30). The van der Waals surface area contributed by atoms with E-state index in [0.29, 0.717) is 36.7 Å². The van der Waals surface area contributed by atoms with Crippen LogP contribution in [-0.4, -0.2) is 11.0 Å². The van der Waals surface area contributed by atoms with Gasteiger partial charge in [0.1, 0.15) is 11.5 Å². The summed E-state index contributed by atoms with van der Waals surface area (Å²) in [6.07, 6.45) is 0. The van der Waals surface area contributed by atoms with E-state index in [1.807, 2.05) is 36.4 Å². The monoisotopic (exact) mass is 623 g/mol. The molecular formula is C23H13Br3ClNO3. The minimum atomic E-state index is -0.380. The normalized spacial score (nSPS) is 10.8. The van der Waals surface area contributed by atoms with Gasteiger partial charge in [0.2, 0.25) is 0 Å². The zero-order chi connectivity index (χ0) is 22.1. The number of hydrogen-bond acceptors (Lipinski definition) is 3. The van der Waals surface area contributed by atoms with Gasteiger partial charge >= 0.3 is 0 Å². The molecule has 31 heavy (non-hydrogen) atoms. The van der Waals surface area contributed by atoms with E-state index in [1.54, 1.807) is 18.2 Å². The number of anilines is 1. The lowest BCUT2D eigenvalue weighted by molar-refractivity contribution is 0.102. The Labute approximate surface area is 208 Å². The third-order valence-corrected chi connectivity index (χ3v) is 6.66. The first-order chi connectivity index (χ1) is 14.8. The molecule has 1 amide bonds. The second-order valence-electron chi connectivity index (χ2n) is 6.58. The zero-order valence-electron chi connectivity index (χ0n) is 15.6. The molecule has 4 rings (SSSR count). The number of carbonyl (C=O) groups is 1. The molecule has 0 bridgehead atoms. The summed E-state index contributed by atoms with van der Waals surface area (Å²) < 4.78 is 7.94. The van der Waals surface area contributed by atoms with Crippen LogP contribution in [-0.2, 0) is 0 Å². The number of phenolic OH excluding ortho intramolecular Hbond substituents is 1. The van der Waals surface area contributed by atoms with E-state index in [1.165, 1.54) is 12.1 Å². The molecule has 0 unspecified atom stereocenters. The number of nitrogens with one attached hydrogen (secondary N) is 1. The minimum Gasteiger partial charge on any atom is -0.506 e. The van der Waals surface area contributed by atoms with Crippen LogP contribution in [0.1, 0.15) is 10.4 Å². The van der Waals surface area contributed by atoms with E-state index in [4.69, 9.17) is 16.3 Å². The fourth-order valence-corrected chi connectivity index (χ4v) is 4.86. The lowest BCUT2D eigenvalue weighted by Crippen LogP contribution is -2.12. The highest BCUT2D eigenvalue weighted by Crippen LogP contribution is 2.38. The molecular weight excluding hydrogens is 613 g/mol. The molecule has 0 radical (unpaired) electrons. The summed E-state index contributed by atoms with van der Waals surface area (Å²) in [6.45, 7) is 0. The highest BCUT2D eigenvalue weighted by atomic mass is 79.9. The van der Waals surface area contributed by atoms with Crippen molar-refractivity contribution in [1.82, 2.24) is 0 Å². The molecule has 0 aliphatic rings. The highest BCUT2D eigenvalue weighted by molar-refractivity contribution is 9.11. The van der Waals surface area contributed by atoms with Crippen molar-refractivity contribution < 1.29 is 14.6 Å². The van der Waals surface area contributed by atoms with E-state index in [2.05, 4.69) is 53.1 Å². The van der Waals surface area contributed by atoms with Crippen molar-refractivity contribution >= 4 is 81.8 Å². The summed E-state index contributed by atoms with van der Waals surface area (Å²) in [6, 6.07) is 19.7. The Morgan fingerprint density at radius 2 is 1.48 bits per heavy atom. The summed E-state index contributed by atoms with van der Waals surface area (Å²) in [5.41, 5.74) is 0.765. The number of fused-ring (bicyclic) bond motifs is 1. The molecule has 4 nitrogen and oxygen atoms in total. The van der Waals surface area contributed by atoms with Gasteiger partial charge in [0.25, 0.3) is 5.91 Å². The van der Waals surface area contributed by atoms with E-state index in [9.17, 15) is 9.90 Å². The number of amides is 1. The molecule has 0 spiro atoms. The number of halogens is 4. The Bertz CT molecular complexity index is 1300. The predicted octanol–water partition coefficient (Wildman–Crippen LogP) is 8.53. The van der Waals surface area contributed by atoms with Crippen molar-refractivity contribution in [2.45, 2.75) is 0 Å². The number of rotatable bonds is 4. The van der Waals surface area contributed by atoms with Crippen LogP contribution in [0.25, 0.3) is 10.8 Å². The van der Waals surface area contributed by atoms with Gasteiger partial charge in [-0.1, -0.05) is 51.8 Å². The molecule has 0 heterocycles. The van der Waals surface area contributed by atoms with Crippen LogP contribution in [0.5, 0.6) is 17.2 Å². The van der Waals surface area contributed by atoms with Gasteiger partial charge < -0.3 is 15.2 Å². The van der Waals surface area contributed by atoms with Gasteiger partial charge in [0.05, 0.1) is 14.6 Å². The van der Waals surface area contributed by atoms with Crippen molar-refractivity contribution in [1.29, 1.82) is 0 Å². The Hall–Kier alpha value is -2.06. The first-order valence-electron chi connectivity index (χ1n) is 8.97. The van der Waals surface area contributed by atoms with Gasteiger partial charge in [-0.05, 0) is 79.7 Å². The minimum absolute atomic E-state index is 0.0189. The Morgan fingerprint density at radius 3 is 2.19 bits per heavy atom. The van der Waals surface area contributed by atoms with Crippen LogP contribution in [0.2, 0.25) is 5.02 Å². The Balaban J connectivity index is 1.69. The lowest BCUT2D eigenvalue weighted by atomic mass is 10.1. The third-order valence-electron chi connectivity index (χ3n) is 4.52. The topological polar surface area (TPSA) is 58.6 Å². The SMILES string of the molecule is O=C(Nc1cc(Cl)ccc1Oc1ccc(Br)c2ccccc12)c1cc(Br)c(O)c(Br)c1. The molecule has 2 N–H and O–H groups in total. The van der Waals surface area contributed by atoms with Crippen LogP contribution in [0.4, 0.5) is 5.69 Å². The van der Waals surface area contributed by atoms with E-state index >= 15 is 0 Å². The number of benzene rings is 4. The summed E-state index contributed by atoms with van der Waals surface area (Å²) in [4.78, 5) is 12.9. The Morgan fingerprint density at radius 1 is 0.839 bits per heavy atom. The predicted molar refractivity (Wildman–Crippen MR) is 135 cm³/mol. The maximum absolute atomic E-state index is 12.9. The number of hydrogen-bond donors (Lipinski definition) is 2. The smallest absolute Gasteiger partial charge is 0.255 e. The summed E-state index contributed by atoms with van der Waals surface area (Å²) in [5.74, 6) is 0.730. The molecule has 0 saturated heterocycles. The molecule has 0 atom stereocenters. The molecule has 156 valence electrons. The first kappa shape index (κ1) is 22.1. The Kier molecular flexibility index (Phi) is 6.57. The third kappa shape index (κ3) is 4.75. The number of aromatic hydroxyl groups is 1. The molecule has 0 aliphatic heterocycles. The largest absolute Gasteiger partial charge is 0.506 e. The molecule has 0 fully saturated rings. The summed E-state index contributed by atoms with van der Waals surface area (Å²) in [7, 11) is 0. The average molecular weight is 627 g/mol. The second kappa shape index (κ2) is 9.20.